The number of benzene rings is 2. The zero-order chi connectivity index (χ0) is 10.7. The third-order valence-corrected chi connectivity index (χ3v) is 2.63. The summed E-state index contributed by atoms with van der Waals surface area (Å²) in [6, 6.07) is 18.6. The molecule has 2 rings (SSSR count). The predicted molar refractivity (Wildman–Crippen MR) is 65.8 cm³/mol. The number of rotatable bonds is 1. The van der Waals surface area contributed by atoms with Crippen LogP contribution in [0.3, 0.4) is 0 Å². The molecule has 0 aromatic heterocycles. The van der Waals surface area contributed by atoms with Crippen molar-refractivity contribution in [1.29, 1.82) is 0 Å². The molecule has 0 aliphatic carbocycles. The van der Waals surface area contributed by atoms with Gasteiger partial charge in [-0.1, -0.05) is 61.2 Å². The van der Waals surface area contributed by atoms with Gasteiger partial charge in [0, 0.05) is 0 Å². The molecule has 0 fully saturated rings. The highest BCUT2D eigenvalue weighted by Crippen LogP contribution is 2.08. The van der Waals surface area contributed by atoms with Crippen molar-refractivity contribution < 1.29 is 0 Å². The first-order valence-electron chi connectivity index (χ1n) is 5.09. The Bertz CT molecular complexity index is 550. The lowest BCUT2D eigenvalue weighted by Crippen LogP contribution is -2.24. The molecule has 0 aliphatic heterocycles. The van der Waals surface area contributed by atoms with Gasteiger partial charge in [-0.2, -0.15) is 0 Å². The van der Waals surface area contributed by atoms with Gasteiger partial charge in [-0.3, -0.25) is 0 Å². The first-order chi connectivity index (χ1) is 7.29. The minimum Gasteiger partial charge on any atom is -0.0911 e. The van der Waals surface area contributed by atoms with Crippen molar-refractivity contribution in [2.45, 2.75) is 6.92 Å². The second-order valence-electron chi connectivity index (χ2n) is 3.65. The molecule has 0 heterocycles. The zero-order valence-electron chi connectivity index (χ0n) is 8.90. The molecule has 0 spiro atoms. The summed E-state index contributed by atoms with van der Waals surface area (Å²) in [6.07, 6.45) is 0. The fourth-order valence-electron chi connectivity index (χ4n) is 1.73. The largest absolute Gasteiger partial charge is 0.0911 e. The summed E-state index contributed by atoms with van der Waals surface area (Å²) in [4.78, 5) is 0. The van der Waals surface area contributed by atoms with Crippen LogP contribution in [-0.2, 0) is 0 Å². The van der Waals surface area contributed by atoms with Crippen LogP contribution in [0.1, 0.15) is 12.5 Å². The monoisotopic (exact) mass is 194 g/mol. The standard InChI is InChI=1S/C15H14/c1-12-8-6-7-11-15(12)13(2)14-9-4-3-5-10-14/h3-11H,1H2,2H3/b15-13-. The van der Waals surface area contributed by atoms with Gasteiger partial charge in [0.15, 0.2) is 0 Å². The first kappa shape index (κ1) is 9.72. The van der Waals surface area contributed by atoms with Crippen LogP contribution < -0.4 is 10.4 Å². The Balaban J connectivity index is 2.71. The van der Waals surface area contributed by atoms with Gasteiger partial charge in [-0.15, -0.1) is 0 Å². The van der Waals surface area contributed by atoms with Gasteiger partial charge in [-0.25, -0.2) is 0 Å². The van der Waals surface area contributed by atoms with Crippen molar-refractivity contribution in [3.05, 3.63) is 70.6 Å². The van der Waals surface area contributed by atoms with Crippen molar-refractivity contribution in [1.82, 2.24) is 0 Å². The second-order valence-corrected chi connectivity index (χ2v) is 3.65. The van der Waals surface area contributed by atoms with E-state index in [9.17, 15) is 0 Å². The average molecular weight is 194 g/mol. The first-order valence-corrected chi connectivity index (χ1v) is 5.09. The molecule has 0 atom stereocenters. The van der Waals surface area contributed by atoms with Crippen LogP contribution >= 0.6 is 0 Å². The summed E-state index contributed by atoms with van der Waals surface area (Å²) in [5, 5.41) is 2.31. The highest BCUT2D eigenvalue weighted by atomic mass is 14.0. The van der Waals surface area contributed by atoms with E-state index in [0.717, 1.165) is 5.22 Å². The number of hydrogen-bond acceptors (Lipinski definition) is 0. The summed E-state index contributed by atoms with van der Waals surface area (Å²) in [6.45, 7) is 6.18. The Hall–Kier alpha value is -1.82. The molecular weight excluding hydrogens is 180 g/mol. The molecule has 0 saturated carbocycles. The Labute approximate surface area is 90.2 Å². The van der Waals surface area contributed by atoms with E-state index in [-0.39, 0.29) is 0 Å². The van der Waals surface area contributed by atoms with Crippen molar-refractivity contribution in [3.8, 4) is 0 Å². The highest BCUT2D eigenvalue weighted by Gasteiger charge is 1.94. The van der Waals surface area contributed by atoms with Crippen LogP contribution in [0.2, 0.25) is 0 Å². The molecule has 0 saturated heterocycles. The third kappa shape index (κ3) is 1.99. The fourth-order valence-corrected chi connectivity index (χ4v) is 1.73. The van der Waals surface area contributed by atoms with Gasteiger partial charge < -0.3 is 0 Å². The summed E-state index contributed by atoms with van der Waals surface area (Å²) < 4.78 is 0. The van der Waals surface area contributed by atoms with Gasteiger partial charge in [0.2, 0.25) is 0 Å². The summed E-state index contributed by atoms with van der Waals surface area (Å²) >= 11 is 0. The quantitative estimate of drug-likeness (QED) is 0.653. The van der Waals surface area contributed by atoms with Gasteiger partial charge in [0.1, 0.15) is 0 Å². The molecule has 0 unspecified atom stereocenters. The predicted octanol–water partition coefficient (Wildman–Crippen LogP) is 2.32. The van der Waals surface area contributed by atoms with E-state index in [1.54, 1.807) is 0 Å². The molecule has 0 heteroatoms. The molecule has 2 aromatic rings. The Morgan fingerprint density at radius 2 is 1.47 bits per heavy atom. The molecule has 0 radical (unpaired) electrons. The highest BCUT2D eigenvalue weighted by molar-refractivity contribution is 5.63. The van der Waals surface area contributed by atoms with Crippen LogP contribution in [0, 0.1) is 0 Å². The SMILES string of the molecule is C=c1cccc/c1=C(\C)c1ccccc1. The smallest absolute Gasteiger partial charge is 0.0155 e. The Kier molecular flexibility index (Phi) is 2.68. The Morgan fingerprint density at radius 1 is 0.867 bits per heavy atom. The van der Waals surface area contributed by atoms with Crippen LogP contribution in [0.5, 0.6) is 0 Å². The Morgan fingerprint density at radius 3 is 2.13 bits per heavy atom. The van der Waals surface area contributed by atoms with E-state index in [0.29, 0.717) is 0 Å². The fraction of sp³-hybridized carbons (Fsp3) is 0.0667. The normalized spacial score (nSPS) is 12.3. The van der Waals surface area contributed by atoms with Crippen LogP contribution in [0.15, 0.2) is 54.6 Å². The molecule has 74 valence electrons. The lowest BCUT2D eigenvalue weighted by atomic mass is 10.0. The van der Waals surface area contributed by atoms with Crippen molar-refractivity contribution in [2.24, 2.45) is 0 Å². The van der Waals surface area contributed by atoms with Crippen LogP contribution in [-0.4, -0.2) is 0 Å². The molecule has 2 aromatic carbocycles. The number of hydrogen-bond donors (Lipinski definition) is 0. The average Bonchev–Trinajstić information content (AvgIpc) is 2.30. The van der Waals surface area contributed by atoms with Gasteiger partial charge in [-0.05, 0) is 28.5 Å². The van der Waals surface area contributed by atoms with E-state index in [2.05, 4.69) is 49.9 Å². The van der Waals surface area contributed by atoms with E-state index >= 15 is 0 Å². The molecule has 15 heavy (non-hydrogen) atoms. The summed E-state index contributed by atoms with van der Waals surface area (Å²) in [7, 11) is 0. The van der Waals surface area contributed by atoms with E-state index < -0.39 is 0 Å². The molecule has 0 aliphatic rings. The minimum absolute atomic E-state index is 1.08. The van der Waals surface area contributed by atoms with E-state index in [1.807, 2.05) is 18.2 Å². The summed E-state index contributed by atoms with van der Waals surface area (Å²) in [5.41, 5.74) is 2.54. The lowest BCUT2D eigenvalue weighted by molar-refractivity contribution is 1.45. The molecule has 0 nitrogen and oxygen atoms in total. The van der Waals surface area contributed by atoms with Crippen LogP contribution in [0.25, 0.3) is 12.2 Å². The van der Waals surface area contributed by atoms with Crippen molar-refractivity contribution in [2.75, 3.05) is 0 Å². The van der Waals surface area contributed by atoms with Gasteiger partial charge in [0.05, 0.1) is 0 Å². The van der Waals surface area contributed by atoms with Gasteiger partial charge in [0.25, 0.3) is 0 Å². The zero-order valence-corrected chi connectivity index (χ0v) is 8.90. The van der Waals surface area contributed by atoms with E-state index in [1.165, 1.54) is 16.4 Å². The lowest BCUT2D eigenvalue weighted by Gasteiger charge is -2.01. The van der Waals surface area contributed by atoms with Crippen molar-refractivity contribution in [3.63, 3.8) is 0 Å². The third-order valence-electron chi connectivity index (χ3n) is 2.63. The topological polar surface area (TPSA) is 0 Å². The van der Waals surface area contributed by atoms with Crippen LogP contribution in [0.4, 0.5) is 0 Å². The van der Waals surface area contributed by atoms with Gasteiger partial charge >= 0.3 is 0 Å². The maximum atomic E-state index is 4.05. The molecular formula is C15H14. The molecule has 0 bridgehead atoms. The summed E-state index contributed by atoms with van der Waals surface area (Å²) in [5.74, 6) is 0. The van der Waals surface area contributed by atoms with Crippen molar-refractivity contribution >= 4 is 12.2 Å². The molecule has 0 amide bonds. The molecule has 0 N–H and O–H groups in total. The maximum Gasteiger partial charge on any atom is -0.0155 e. The maximum absolute atomic E-state index is 4.05. The second kappa shape index (κ2) is 4.14. The van der Waals surface area contributed by atoms with E-state index in [4.69, 9.17) is 0 Å². The minimum atomic E-state index is 1.08.